The molecule has 1 atom stereocenters. The molecule has 0 aliphatic rings. The average Bonchev–Trinajstić information content (AvgIpc) is 2.76. The van der Waals surface area contributed by atoms with Crippen LogP contribution in [0.4, 0.5) is 8.78 Å². The summed E-state index contributed by atoms with van der Waals surface area (Å²) in [6, 6.07) is 0. The van der Waals surface area contributed by atoms with Crippen molar-refractivity contribution in [3.63, 3.8) is 0 Å². The summed E-state index contributed by atoms with van der Waals surface area (Å²) < 4.78 is 50.4. The summed E-state index contributed by atoms with van der Waals surface area (Å²) in [5.74, 6) is -0.261. The predicted octanol–water partition coefficient (Wildman–Crippen LogP) is 8.59. The molecule has 0 aliphatic carbocycles. The number of hydrogen-bond acceptors (Lipinski definition) is 5. The fraction of sp³-hybridized carbons (Fsp3) is 0.885. The minimum atomic E-state index is -4.68. The number of halogens is 2. The largest absolute Gasteiger partial charge is 0.399 e. The highest BCUT2D eigenvalue weighted by Gasteiger charge is 2.54. The Morgan fingerprint density at radius 1 is 0.853 bits per heavy atom. The van der Waals surface area contributed by atoms with Crippen LogP contribution in [0.5, 0.6) is 0 Å². The van der Waals surface area contributed by atoms with Crippen LogP contribution in [0.15, 0.2) is 12.2 Å². The van der Waals surface area contributed by atoms with Gasteiger partial charge in [-0.15, -0.1) is 0 Å². The molecule has 0 rings (SSSR count). The highest BCUT2D eigenvalue weighted by molar-refractivity contribution is 7.55. The number of carbonyl (C=O) groups excluding carboxylic acids is 1. The number of alkyl halides is 2. The summed E-state index contributed by atoms with van der Waals surface area (Å²) in [5, 5.41) is 9.94. The summed E-state index contributed by atoms with van der Waals surface area (Å²) in [6.45, 7) is 4.72. The Bertz CT molecular complexity index is 574. The Kier molecular flexibility index (Phi) is 20.2. The van der Waals surface area contributed by atoms with Gasteiger partial charge in [-0.2, -0.15) is 8.78 Å². The fourth-order valence-electron chi connectivity index (χ4n) is 3.79. The average molecular weight is 511 g/mol. The van der Waals surface area contributed by atoms with E-state index in [0.717, 1.165) is 32.1 Å². The van der Waals surface area contributed by atoms with Gasteiger partial charge in [0.15, 0.2) is 0 Å². The number of Topliss-reactive ketones (excluding diaryl/α,β-unsaturated/α-hetero) is 1. The van der Waals surface area contributed by atoms with Crippen molar-refractivity contribution in [2.75, 3.05) is 13.2 Å². The second-order valence-electron chi connectivity index (χ2n) is 8.93. The number of aliphatic hydroxyl groups excluding tert-OH is 1. The van der Waals surface area contributed by atoms with E-state index in [4.69, 9.17) is 0 Å². The molecule has 0 aliphatic heterocycles. The molecular weight excluding hydrogens is 461 g/mol. The van der Waals surface area contributed by atoms with Crippen molar-refractivity contribution in [1.29, 1.82) is 0 Å². The highest BCUT2D eigenvalue weighted by atomic mass is 31.2. The molecular formula is C26H49F2O5P. The zero-order valence-corrected chi connectivity index (χ0v) is 22.6. The molecule has 0 saturated heterocycles. The molecule has 1 N–H and O–H groups in total. The summed E-state index contributed by atoms with van der Waals surface area (Å²) in [5.41, 5.74) is -3.85. The normalized spacial score (nSPS) is 13.6. The predicted molar refractivity (Wildman–Crippen MR) is 136 cm³/mol. The van der Waals surface area contributed by atoms with Gasteiger partial charge in [0.2, 0.25) is 0 Å². The van der Waals surface area contributed by atoms with E-state index in [0.29, 0.717) is 6.42 Å². The van der Waals surface area contributed by atoms with Crippen LogP contribution < -0.4 is 0 Å². The third-order valence-corrected chi connectivity index (χ3v) is 7.84. The van der Waals surface area contributed by atoms with Crippen molar-refractivity contribution in [1.82, 2.24) is 0 Å². The van der Waals surface area contributed by atoms with Gasteiger partial charge in [-0.25, -0.2) is 0 Å². The van der Waals surface area contributed by atoms with E-state index in [9.17, 15) is 23.2 Å². The van der Waals surface area contributed by atoms with Gasteiger partial charge in [-0.05, 0) is 46.0 Å². The third kappa shape index (κ3) is 16.1. The van der Waals surface area contributed by atoms with E-state index in [2.05, 4.69) is 28.1 Å². The first-order chi connectivity index (χ1) is 16.2. The molecule has 0 aromatic carbocycles. The van der Waals surface area contributed by atoms with Crippen molar-refractivity contribution < 1.29 is 32.3 Å². The van der Waals surface area contributed by atoms with E-state index in [1.807, 2.05) is 0 Å². The quantitative estimate of drug-likeness (QED) is 0.0799. The zero-order valence-electron chi connectivity index (χ0n) is 21.7. The molecule has 34 heavy (non-hydrogen) atoms. The Balaban J connectivity index is 3.87. The Morgan fingerprint density at radius 3 is 1.82 bits per heavy atom. The van der Waals surface area contributed by atoms with E-state index in [-0.39, 0.29) is 31.8 Å². The van der Waals surface area contributed by atoms with Crippen molar-refractivity contribution in [2.24, 2.45) is 0 Å². The summed E-state index contributed by atoms with van der Waals surface area (Å²) >= 11 is 0. The topological polar surface area (TPSA) is 72.8 Å². The number of ketones is 1. The van der Waals surface area contributed by atoms with Gasteiger partial charge < -0.3 is 14.2 Å². The molecule has 0 fully saturated rings. The second-order valence-corrected chi connectivity index (χ2v) is 11.1. The van der Waals surface area contributed by atoms with Gasteiger partial charge in [-0.3, -0.25) is 9.36 Å². The van der Waals surface area contributed by atoms with Gasteiger partial charge in [0, 0.05) is 12.8 Å². The smallest absolute Gasteiger partial charge is 0.392 e. The van der Waals surface area contributed by atoms with Crippen molar-refractivity contribution in [2.45, 2.75) is 135 Å². The Hall–Kier alpha value is -0.620. The molecule has 0 amide bonds. The number of aliphatic hydroxyl groups is 1. The molecule has 0 spiro atoms. The van der Waals surface area contributed by atoms with Gasteiger partial charge in [0.05, 0.1) is 25.7 Å². The molecule has 0 saturated carbocycles. The van der Waals surface area contributed by atoms with E-state index in [1.165, 1.54) is 58.8 Å². The van der Waals surface area contributed by atoms with Crippen LogP contribution >= 0.6 is 7.60 Å². The Labute approximate surface area is 206 Å². The minimum Gasteiger partial charge on any atom is -0.392 e. The van der Waals surface area contributed by atoms with Crippen molar-refractivity contribution in [3.05, 3.63) is 12.2 Å². The molecule has 202 valence electrons. The number of carbonyl (C=O) groups is 1. The van der Waals surface area contributed by atoms with Crippen LogP contribution in [0, 0.1) is 0 Å². The van der Waals surface area contributed by atoms with Crippen LogP contribution in [0.3, 0.4) is 0 Å². The lowest BCUT2D eigenvalue weighted by molar-refractivity contribution is -0.121. The standard InChI is InChI=1S/C26H49F2O5P/c1-4-7-8-9-10-11-12-13-14-15-16-17-18-19-20-21-24(29)22-25(30)23-26(27,28)34(31,32-5-2)33-6-3/h13-14,25,30H,4-12,15-23H2,1-3H3/b14-13-/t25-/m1/s1. The lowest BCUT2D eigenvalue weighted by atomic mass is 10.0. The zero-order chi connectivity index (χ0) is 25.7. The molecule has 0 bridgehead atoms. The number of hydrogen-bond donors (Lipinski definition) is 1. The van der Waals surface area contributed by atoms with E-state index >= 15 is 0 Å². The first-order valence-corrected chi connectivity index (χ1v) is 14.9. The van der Waals surface area contributed by atoms with Gasteiger partial charge in [-0.1, -0.05) is 70.4 Å². The van der Waals surface area contributed by atoms with Crippen LogP contribution in [-0.4, -0.2) is 35.9 Å². The summed E-state index contributed by atoms with van der Waals surface area (Å²) in [4.78, 5) is 12.0. The third-order valence-electron chi connectivity index (χ3n) is 5.66. The van der Waals surface area contributed by atoms with E-state index < -0.39 is 25.8 Å². The SMILES string of the molecule is CCCCCCCC/C=C\CCCCCCCC(=O)C[C@@H](O)CC(F)(F)P(=O)(OCC)OCC. The Morgan fingerprint density at radius 2 is 1.32 bits per heavy atom. The molecule has 5 nitrogen and oxygen atoms in total. The number of unbranched alkanes of at least 4 members (excludes halogenated alkanes) is 11. The molecule has 0 aromatic heterocycles. The van der Waals surface area contributed by atoms with Crippen LogP contribution in [-0.2, 0) is 18.4 Å². The van der Waals surface area contributed by atoms with Gasteiger partial charge >= 0.3 is 13.3 Å². The van der Waals surface area contributed by atoms with Crippen LogP contribution in [0.1, 0.15) is 124 Å². The van der Waals surface area contributed by atoms with Crippen molar-refractivity contribution >= 4 is 13.4 Å². The molecule has 0 heterocycles. The van der Waals surface area contributed by atoms with Gasteiger partial charge in [0.1, 0.15) is 5.78 Å². The van der Waals surface area contributed by atoms with Crippen LogP contribution in [0.2, 0.25) is 0 Å². The van der Waals surface area contributed by atoms with Crippen molar-refractivity contribution in [3.8, 4) is 0 Å². The summed E-state index contributed by atoms with van der Waals surface area (Å²) in [6.07, 6.45) is 16.8. The highest BCUT2D eigenvalue weighted by Crippen LogP contribution is 2.63. The minimum absolute atomic E-state index is 0.197. The second kappa shape index (κ2) is 20.6. The lowest BCUT2D eigenvalue weighted by Crippen LogP contribution is -2.28. The lowest BCUT2D eigenvalue weighted by Gasteiger charge is -2.27. The molecule has 8 heteroatoms. The first-order valence-electron chi connectivity index (χ1n) is 13.3. The maximum atomic E-state index is 14.4. The van der Waals surface area contributed by atoms with E-state index in [1.54, 1.807) is 0 Å². The number of rotatable bonds is 24. The molecule has 0 aromatic rings. The molecule has 0 unspecified atom stereocenters. The fourth-order valence-corrected chi connectivity index (χ4v) is 5.36. The van der Waals surface area contributed by atoms with Gasteiger partial charge in [0.25, 0.3) is 0 Å². The summed E-state index contributed by atoms with van der Waals surface area (Å²) in [7, 11) is -4.68. The monoisotopic (exact) mass is 510 g/mol. The number of allylic oxidation sites excluding steroid dienone is 2. The maximum absolute atomic E-state index is 14.4. The maximum Gasteiger partial charge on any atom is 0.399 e. The molecule has 0 radical (unpaired) electrons. The van der Waals surface area contributed by atoms with Crippen LogP contribution in [0.25, 0.3) is 0 Å². The first kappa shape index (κ1) is 33.4.